The first kappa shape index (κ1) is 34.4. The van der Waals surface area contributed by atoms with Crippen LogP contribution in [0.3, 0.4) is 0 Å². The van der Waals surface area contributed by atoms with E-state index >= 15 is 0 Å². The summed E-state index contributed by atoms with van der Waals surface area (Å²) >= 11 is 1.27. The predicted molar refractivity (Wildman–Crippen MR) is 141 cm³/mol. The van der Waals surface area contributed by atoms with Crippen LogP contribution >= 0.6 is 11.8 Å². The van der Waals surface area contributed by atoms with E-state index in [2.05, 4.69) is 16.0 Å². The second-order valence-electron chi connectivity index (χ2n) is 9.06. The number of amides is 3. The summed E-state index contributed by atoms with van der Waals surface area (Å²) in [7, 11) is 0. The van der Waals surface area contributed by atoms with Crippen molar-refractivity contribution in [2.24, 2.45) is 5.92 Å². The van der Waals surface area contributed by atoms with Crippen molar-refractivity contribution in [3.8, 4) is 0 Å². The highest BCUT2D eigenvalue weighted by Crippen LogP contribution is 2.24. The van der Waals surface area contributed by atoms with E-state index in [1.165, 1.54) is 11.8 Å². The molecule has 0 saturated heterocycles. The minimum atomic E-state index is -1.17. The molecule has 4 atom stereocenters. The molecule has 2 unspecified atom stereocenters. The molecule has 0 aliphatic heterocycles. The maximum Gasteiger partial charge on any atom is 0.305 e. The highest BCUT2D eigenvalue weighted by atomic mass is 32.2. The Morgan fingerprint density at radius 3 is 1.95 bits per heavy atom. The zero-order valence-corrected chi connectivity index (χ0v) is 23.3. The normalized spacial score (nSPS) is 14.2. The van der Waals surface area contributed by atoms with Gasteiger partial charge < -0.3 is 26.2 Å². The minimum absolute atomic E-state index is 0.0830. The third-order valence-electron chi connectivity index (χ3n) is 5.87. The van der Waals surface area contributed by atoms with Crippen molar-refractivity contribution in [3.05, 3.63) is 0 Å². The third kappa shape index (κ3) is 14.6. The van der Waals surface area contributed by atoms with Gasteiger partial charge in [-0.15, -0.1) is 11.8 Å². The molecule has 11 nitrogen and oxygen atoms in total. The van der Waals surface area contributed by atoms with Gasteiger partial charge in [0.05, 0.1) is 17.7 Å². The van der Waals surface area contributed by atoms with Gasteiger partial charge >= 0.3 is 11.9 Å². The number of rotatable bonds is 20. The quantitative estimate of drug-likeness (QED) is 0.153. The fraction of sp³-hybridized carbons (Fsp3) is 0.760. The van der Waals surface area contributed by atoms with E-state index in [1.807, 2.05) is 27.7 Å². The molecule has 0 spiro atoms. The van der Waals surface area contributed by atoms with Crippen LogP contribution in [0.25, 0.3) is 0 Å². The third-order valence-corrected chi connectivity index (χ3v) is 7.28. The van der Waals surface area contributed by atoms with Gasteiger partial charge in [-0.05, 0) is 32.6 Å². The average molecular weight is 546 g/mol. The predicted octanol–water partition coefficient (Wildman–Crippen LogP) is 2.12. The molecule has 0 aliphatic rings. The Morgan fingerprint density at radius 2 is 1.43 bits per heavy atom. The largest absolute Gasteiger partial charge is 0.481 e. The molecule has 0 saturated carbocycles. The summed E-state index contributed by atoms with van der Waals surface area (Å²) in [6.45, 7) is 9.15. The van der Waals surface area contributed by atoms with Crippen molar-refractivity contribution in [1.82, 2.24) is 16.0 Å². The molecular formula is C25H43N3O8S. The Kier molecular flexibility index (Phi) is 17.3. The van der Waals surface area contributed by atoms with Gasteiger partial charge in [-0.3, -0.25) is 28.8 Å². The Hall–Kier alpha value is -2.63. The number of thioether (sulfide) groups is 1. The molecule has 0 aromatic rings. The van der Waals surface area contributed by atoms with Gasteiger partial charge in [0.2, 0.25) is 17.7 Å². The van der Waals surface area contributed by atoms with Crippen molar-refractivity contribution in [3.63, 3.8) is 0 Å². The van der Waals surface area contributed by atoms with E-state index in [1.54, 1.807) is 6.92 Å². The van der Waals surface area contributed by atoms with Crippen molar-refractivity contribution in [2.45, 2.75) is 109 Å². The number of nitrogens with one attached hydrogen (secondary N) is 3. The lowest BCUT2D eigenvalue weighted by Crippen LogP contribution is -2.52. The molecule has 0 aromatic heterocycles. The number of carbonyl (C=O) groups excluding carboxylic acids is 4. The van der Waals surface area contributed by atoms with Crippen LogP contribution in [0.5, 0.6) is 0 Å². The number of hydrogen-bond acceptors (Lipinski definition) is 7. The summed E-state index contributed by atoms with van der Waals surface area (Å²) in [5.41, 5.74) is 0. The standard InChI is InChI=1S/C25H43N3O8S/c1-6-9-15(4)37-19(14-22(32)33)25(36)26-13-12-20(29)28-18(10-11-21(30)31)24(35)27-16(5)23(34)17(7-2)8-3/h15-19H,6-14H2,1-5H3,(H,26,36)(H,27,35)(H,28,29)(H,30,31)(H,32,33)/t15?,16-,18-,19?/m0/s1. The van der Waals surface area contributed by atoms with Crippen LogP contribution in [0.2, 0.25) is 0 Å². The smallest absolute Gasteiger partial charge is 0.305 e. The second kappa shape index (κ2) is 18.6. The molecule has 0 aromatic carbocycles. The number of carbonyl (C=O) groups is 6. The van der Waals surface area contributed by atoms with Gasteiger partial charge in [0.15, 0.2) is 5.78 Å². The summed E-state index contributed by atoms with van der Waals surface area (Å²) < 4.78 is 0. The number of ketones is 1. The molecule has 5 N–H and O–H groups in total. The average Bonchev–Trinajstić information content (AvgIpc) is 2.81. The first-order valence-electron chi connectivity index (χ1n) is 12.9. The molecule has 0 heterocycles. The first-order chi connectivity index (χ1) is 17.4. The molecule has 0 fully saturated rings. The number of Topliss-reactive ketones (excluding diaryl/α,β-unsaturated/α-hetero) is 1. The van der Waals surface area contributed by atoms with E-state index < -0.39 is 47.0 Å². The van der Waals surface area contributed by atoms with Crippen LogP contribution in [0.15, 0.2) is 0 Å². The maximum atomic E-state index is 12.7. The Balaban J connectivity index is 5.03. The van der Waals surface area contributed by atoms with Gasteiger partial charge in [0.25, 0.3) is 0 Å². The molecular weight excluding hydrogens is 502 g/mol. The second-order valence-corrected chi connectivity index (χ2v) is 10.7. The van der Waals surface area contributed by atoms with E-state index in [0.29, 0.717) is 12.8 Å². The zero-order chi connectivity index (χ0) is 28.5. The van der Waals surface area contributed by atoms with E-state index in [0.717, 1.165) is 12.8 Å². The summed E-state index contributed by atoms with van der Waals surface area (Å²) in [5.74, 6) is -4.32. The van der Waals surface area contributed by atoms with Crippen LogP contribution in [0, 0.1) is 5.92 Å². The van der Waals surface area contributed by atoms with Crippen molar-refractivity contribution in [2.75, 3.05) is 6.54 Å². The molecule has 37 heavy (non-hydrogen) atoms. The summed E-state index contributed by atoms with van der Waals surface area (Å²) in [4.78, 5) is 72.4. The topological polar surface area (TPSA) is 179 Å². The van der Waals surface area contributed by atoms with Crippen LogP contribution in [-0.4, -0.2) is 74.8 Å². The lowest BCUT2D eigenvalue weighted by molar-refractivity contribution is -0.139. The van der Waals surface area contributed by atoms with Crippen molar-refractivity contribution < 1.29 is 39.0 Å². The lowest BCUT2D eigenvalue weighted by atomic mass is 9.93. The van der Waals surface area contributed by atoms with E-state index in [4.69, 9.17) is 10.2 Å². The molecule has 0 radical (unpaired) electrons. The van der Waals surface area contributed by atoms with Gasteiger partial charge in [-0.25, -0.2) is 0 Å². The molecule has 0 bridgehead atoms. The van der Waals surface area contributed by atoms with Gasteiger partial charge in [0.1, 0.15) is 6.04 Å². The van der Waals surface area contributed by atoms with Crippen LogP contribution in [0.4, 0.5) is 0 Å². The van der Waals surface area contributed by atoms with Gasteiger partial charge in [0, 0.05) is 30.6 Å². The van der Waals surface area contributed by atoms with Crippen molar-refractivity contribution >= 4 is 47.2 Å². The highest BCUT2D eigenvalue weighted by molar-refractivity contribution is 8.01. The Bertz CT molecular complexity index is 788. The summed E-state index contributed by atoms with van der Waals surface area (Å²) in [6, 6.07) is -1.96. The molecule has 12 heteroatoms. The number of carboxylic acid groups (broad SMARTS) is 2. The maximum absolute atomic E-state index is 12.7. The van der Waals surface area contributed by atoms with Gasteiger partial charge in [-0.2, -0.15) is 0 Å². The molecule has 0 aliphatic carbocycles. The monoisotopic (exact) mass is 545 g/mol. The Morgan fingerprint density at radius 1 is 0.811 bits per heavy atom. The first-order valence-corrected chi connectivity index (χ1v) is 13.8. The molecule has 3 amide bonds. The van der Waals surface area contributed by atoms with E-state index in [9.17, 15) is 28.8 Å². The van der Waals surface area contributed by atoms with E-state index in [-0.39, 0.29) is 49.2 Å². The number of aliphatic carboxylic acids is 2. The lowest BCUT2D eigenvalue weighted by Gasteiger charge is -2.23. The molecule has 212 valence electrons. The highest BCUT2D eigenvalue weighted by Gasteiger charge is 2.28. The number of carboxylic acids is 2. The zero-order valence-electron chi connectivity index (χ0n) is 22.5. The van der Waals surface area contributed by atoms with Crippen LogP contribution in [-0.2, 0) is 28.8 Å². The van der Waals surface area contributed by atoms with Crippen molar-refractivity contribution in [1.29, 1.82) is 0 Å². The van der Waals surface area contributed by atoms with Crippen LogP contribution < -0.4 is 16.0 Å². The van der Waals surface area contributed by atoms with Gasteiger partial charge in [-0.1, -0.05) is 34.1 Å². The summed E-state index contributed by atoms with van der Waals surface area (Å²) in [6.07, 6.45) is 1.91. The molecule has 0 rings (SSSR count). The Labute approximate surface area is 223 Å². The fourth-order valence-electron chi connectivity index (χ4n) is 3.76. The number of hydrogen-bond donors (Lipinski definition) is 5. The minimum Gasteiger partial charge on any atom is -0.481 e. The summed E-state index contributed by atoms with van der Waals surface area (Å²) in [5, 5.41) is 25.0. The van der Waals surface area contributed by atoms with Crippen LogP contribution in [0.1, 0.15) is 86.0 Å². The SMILES string of the molecule is CCCC(C)SC(CC(=O)O)C(=O)NCCC(=O)N[C@@H](CCC(=O)O)C(=O)N[C@@H](C)C(=O)C(CC)CC. The fourth-order valence-corrected chi connectivity index (χ4v) is 5.14.